The van der Waals surface area contributed by atoms with Gasteiger partial charge in [-0.1, -0.05) is 48.5 Å². The van der Waals surface area contributed by atoms with Crippen molar-refractivity contribution < 1.29 is 18.9 Å². The predicted molar refractivity (Wildman–Crippen MR) is 179 cm³/mol. The maximum Gasteiger partial charge on any atom is 0.118 e. The molecular weight excluding hydrogens is 591 g/mol. The van der Waals surface area contributed by atoms with E-state index in [1.54, 1.807) is 64.3 Å². The molecular formula is C32H29NO4S4. The number of hydrogen-bond acceptors (Lipinski definition) is 9. The third-order valence-electron chi connectivity index (χ3n) is 6.34. The van der Waals surface area contributed by atoms with Crippen LogP contribution in [0.15, 0.2) is 97.1 Å². The zero-order chi connectivity index (χ0) is 28.8. The minimum absolute atomic E-state index is 0.802. The first-order valence-corrected chi connectivity index (χ1v) is 15.4. The zero-order valence-corrected chi connectivity index (χ0v) is 26.3. The van der Waals surface area contributed by atoms with Crippen LogP contribution in [0.3, 0.4) is 0 Å². The fraction of sp³-hybridized carbons (Fsp3) is 0.125. The largest absolute Gasteiger partial charge is 0.497 e. The average molecular weight is 620 g/mol. The molecule has 0 saturated heterocycles. The van der Waals surface area contributed by atoms with Crippen LogP contribution < -0.4 is 18.9 Å². The van der Waals surface area contributed by atoms with Crippen molar-refractivity contribution in [3.8, 4) is 23.0 Å². The molecule has 0 radical (unpaired) electrons. The van der Waals surface area contributed by atoms with Gasteiger partial charge < -0.3 is 18.9 Å². The molecule has 41 heavy (non-hydrogen) atoms. The number of hydrogen-bond donors (Lipinski definition) is 1. The molecule has 1 aliphatic rings. The van der Waals surface area contributed by atoms with Crippen molar-refractivity contribution in [1.29, 1.82) is 0 Å². The fourth-order valence-corrected chi connectivity index (χ4v) is 8.26. The maximum atomic E-state index is 5.41. The van der Waals surface area contributed by atoms with E-state index in [0.717, 1.165) is 64.9 Å². The van der Waals surface area contributed by atoms with Gasteiger partial charge in [-0.2, -0.15) is 0 Å². The minimum Gasteiger partial charge on any atom is -0.497 e. The molecule has 9 heteroatoms. The van der Waals surface area contributed by atoms with Gasteiger partial charge in [0, 0.05) is 19.6 Å². The van der Waals surface area contributed by atoms with Gasteiger partial charge in [-0.25, -0.2) is 0 Å². The fourth-order valence-electron chi connectivity index (χ4n) is 4.07. The first-order chi connectivity index (χ1) is 20.0. The molecule has 0 bridgehead atoms. The quantitative estimate of drug-likeness (QED) is 0.107. The molecule has 5 rings (SSSR count). The third kappa shape index (κ3) is 6.88. The summed E-state index contributed by atoms with van der Waals surface area (Å²) in [4.78, 5) is 4.21. The molecule has 0 aliphatic carbocycles. The molecule has 1 heterocycles. The lowest BCUT2D eigenvalue weighted by Gasteiger charge is -2.18. The molecule has 0 spiro atoms. The van der Waals surface area contributed by atoms with Gasteiger partial charge in [-0.15, -0.1) is 15.7 Å². The second-order valence-corrected chi connectivity index (χ2v) is 12.8. The summed E-state index contributed by atoms with van der Waals surface area (Å²) in [6.07, 6.45) is 0. The Morgan fingerprint density at radius 2 is 0.878 bits per heavy atom. The third-order valence-corrected chi connectivity index (χ3v) is 10.8. The topological polar surface area (TPSA) is 40.2 Å². The van der Waals surface area contributed by atoms with Crippen molar-refractivity contribution in [2.24, 2.45) is 0 Å². The number of ether oxygens (including phenoxy) is 4. The molecule has 0 saturated carbocycles. The van der Waals surface area contributed by atoms with Crippen LogP contribution in [0, 0.1) is 0 Å². The van der Waals surface area contributed by atoms with Crippen molar-refractivity contribution in [3.63, 3.8) is 0 Å². The van der Waals surface area contributed by atoms with Gasteiger partial charge in [-0.3, -0.25) is 0 Å². The maximum absolute atomic E-state index is 5.41. The van der Waals surface area contributed by atoms with Crippen LogP contribution >= 0.6 is 48.5 Å². The van der Waals surface area contributed by atoms with Crippen molar-refractivity contribution in [1.82, 2.24) is 3.12 Å². The highest BCUT2D eigenvalue weighted by molar-refractivity contribution is 8.36. The highest BCUT2D eigenvalue weighted by atomic mass is 32.3. The lowest BCUT2D eigenvalue weighted by Crippen LogP contribution is -1.94. The second-order valence-electron chi connectivity index (χ2n) is 8.75. The van der Waals surface area contributed by atoms with Crippen LogP contribution in [0.1, 0.15) is 22.3 Å². The van der Waals surface area contributed by atoms with E-state index in [2.05, 4.69) is 39.5 Å². The van der Waals surface area contributed by atoms with Crippen LogP contribution in [0.5, 0.6) is 23.0 Å². The second kappa shape index (κ2) is 13.7. The van der Waals surface area contributed by atoms with Crippen molar-refractivity contribution in [2.45, 2.75) is 0 Å². The van der Waals surface area contributed by atoms with Crippen molar-refractivity contribution in [2.75, 3.05) is 28.4 Å². The SMILES string of the molecule is COc1ccc(C2=C(c3ccc(OC)cc3)SN(S/C(=C(\S)c3ccc(OC)cc3)c3ccc(OC)cc3)S2)cc1. The van der Waals surface area contributed by atoms with E-state index in [4.69, 9.17) is 31.6 Å². The van der Waals surface area contributed by atoms with E-state index >= 15 is 0 Å². The molecule has 0 amide bonds. The first kappa shape index (κ1) is 29.4. The number of benzene rings is 4. The van der Waals surface area contributed by atoms with Gasteiger partial charge in [0.25, 0.3) is 0 Å². The molecule has 210 valence electrons. The van der Waals surface area contributed by atoms with Crippen molar-refractivity contribution >= 4 is 68.1 Å². The van der Waals surface area contributed by atoms with Gasteiger partial charge in [0.05, 0.1) is 28.4 Å². The molecule has 0 atom stereocenters. The number of thiol groups is 1. The van der Waals surface area contributed by atoms with Gasteiger partial charge in [0.2, 0.25) is 0 Å². The van der Waals surface area contributed by atoms with Crippen LogP contribution in [0.25, 0.3) is 19.6 Å². The van der Waals surface area contributed by atoms with Gasteiger partial charge in [0.15, 0.2) is 0 Å². The highest BCUT2D eigenvalue weighted by Gasteiger charge is 2.29. The van der Waals surface area contributed by atoms with E-state index < -0.39 is 0 Å². The smallest absolute Gasteiger partial charge is 0.118 e. The minimum atomic E-state index is 0.802. The molecule has 5 nitrogen and oxygen atoms in total. The molecule has 0 aromatic heterocycles. The monoisotopic (exact) mass is 619 g/mol. The number of methoxy groups -OCH3 is 4. The Morgan fingerprint density at radius 1 is 0.537 bits per heavy atom. The Balaban J connectivity index is 1.52. The summed E-state index contributed by atoms with van der Waals surface area (Å²) in [5.41, 5.74) is 4.28. The van der Waals surface area contributed by atoms with Crippen LogP contribution in [0.2, 0.25) is 0 Å². The Morgan fingerprint density at radius 3 is 1.24 bits per heavy atom. The lowest BCUT2D eigenvalue weighted by atomic mass is 10.1. The summed E-state index contributed by atoms with van der Waals surface area (Å²) in [7, 11) is 6.70. The Hall–Kier alpha value is -3.08. The molecule has 0 unspecified atom stereocenters. The van der Waals surface area contributed by atoms with Crippen LogP contribution in [-0.4, -0.2) is 31.6 Å². The molecule has 4 aromatic rings. The van der Waals surface area contributed by atoms with E-state index in [-0.39, 0.29) is 0 Å². The summed E-state index contributed by atoms with van der Waals surface area (Å²) in [6.45, 7) is 0. The number of nitrogens with zero attached hydrogens (tertiary/aromatic N) is 1. The Kier molecular flexibility index (Phi) is 9.84. The molecule has 4 aromatic carbocycles. The van der Waals surface area contributed by atoms with E-state index in [1.165, 1.54) is 0 Å². The van der Waals surface area contributed by atoms with Gasteiger partial charge >= 0.3 is 0 Å². The zero-order valence-electron chi connectivity index (χ0n) is 23.0. The molecule has 0 fully saturated rings. The summed E-state index contributed by atoms with van der Waals surface area (Å²) >= 11 is 10.1. The summed E-state index contributed by atoms with van der Waals surface area (Å²) < 4.78 is 23.8. The summed E-state index contributed by atoms with van der Waals surface area (Å²) in [5.74, 6) is 3.26. The van der Waals surface area contributed by atoms with Crippen LogP contribution in [0.4, 0.5) is 0 Å². The van der Waals surface area contributed by atoms with Gasteiger partial charge in [-0.05, 0) is 107 Å². The highest BCUT2D eigenvalue weighted by Crippen LogP contribution is 2.59. The predicted octanol–water partition coefficient (Wildman–Crippen LogP) is 9.26. The number of rotatable bonds is 10. The Bertz CT molecular complexity index is 1480. The lowest BCUT2D eigenvalue weighted by molar-refractivity contribution is 0.414. The van der Waals surface area contributed by atoms with Crippen LogP contribution in [-0.2, 0) is 0 Å². The molecule has 1 aliphatic heterocycles. The van der Waals surface area contributed by atoms with E-state index in [9.17, 15) is 0 Å². The standard InChI is InChI=1S/C32H29NO4S4/c1-34-25-13-5-21(6-14-25)29(38)30(22-7-15-26(35-2)16-8-22)39-33-40-31(23-9-17-27(36-3)18-10-23)32(41-33)24-11-19-28(37-4)20-12-24/h5-20,38H,1-4H3/b30-29-. The molecule has 0 N–H and O–H groups in total. The van der Waals surface area contributed by atoms with E-state index in [1.807, 2.05) is 60.7 Å². The van der Waals surface area contributed by atoms with Crippen molar-refractivity contribution in [3.05, 3.63) is 119 Å². The van der Waals surface area contributed by atoms with E-state index in [0.29, 0.717) is 0 Å². The summed E-state index contributed by atoms with van der Waals surface area (Å²) in [6, 6.07) is 32.4. The normalized spacial score (nSPS) is 14.1. The first-order valence-electron chi connectivity index (χ1n) is 12.6. The average Bonchev–Trinajstić information content (AvgIpc) is 3.47. The van der Waals surface area contributed by atoms with Gasteiger partial charge in [0.1, 0.15) is 23.0 Å². The summed E-state index contributed by atoms with van der Waals surface area (Å²) in [5, 5.41) is 0. The Labute approximate surface area is 259 Å².